The van der Waals surface area contributed by atoms with Gasteiger partial charge in [0, 0.05) is 30.5 Å². The maximum absolute atomic E-state index is 15.5. The van der Waals surface area contributed by atoms with Crippen LogP contribution in [0.25, 0.3) is 0 Å². The number of nitrogens with one attached hydrogen (secondary N) is 6. The first-order valence-corrected chi connectivity index (χ1v) is 30.5. The van der Waals surface area contributed by atoms with Gasteiger partial charge in [-0.1, -0.05) is 145 Å². The minimum Gasteiger partial charge on any atom is -0.348 e. The van der Waals surface area contributed by atoms with Crippen molar-refractivity contribution < 1.29 is 38.4 Å². The Morgan fingerprint density at radius 1 is 0.541 bits per heavy atom. The van der Waals surface area contributed by atoms with Gasteiger partial charge in [0.25, 0.3) is 5.91 Å². The molecule has 19 heteroatoms. The number of rotatable bonds is 18. The Morgan fingerprint density at radius 3 is 1.66 bits per heavy atom. The fraction of sp³-hybridized carbons (Fsp3) is 0.500. The summed E-state index contributed by atoms with van der Waals surface area (Å²) in [5.41, 5.74) is 16.2. The molecular formula is C66H89N11O8. The van der Waals surface area contributed by atoms with Crippen LogP contribution in [-0.4, -0.2) is 126 Å². The molecule has 4 aromatic rings. The second-order valence-corrected chi connectivity index (χ2v) is 24.1. The molecule has 19 nitrogen and oxygen atoms in total. The average molecular weight is 1160 g/mol. The molecule has 1 saturated heterocycles. The zero-order valence-corrected chi connectivity index (χ0v) is 50.3. The Balaban J connectivity index is 1.37. The number of anilines is 1. The van der Waals surface area contributed by atoms with Gasteiger partial charge in [0.15, 0.2) is 0 Å². The molecule has 0 spiro atoms. The van der Waals surface area contributed by atoms with Crippen LogP contribution >= 0.6 is 0 Å². The second-order valence-electron chi connectivity index (χ2n) is 24.1. The van der Waals surface area contributed by atoms with Crippen LogP contribution in [0.5, 0.6) is 0 Å². The van der Waals surface area contributed by atoms with E-state index in [0.29, 0.717) is 80.6 Å². The van der Waals surface area contributed by atoms with Gasteiger partial charge in [0.2, 0.25) is 41.4 Å². The maximum atomic E-state index is 15.5. The summed E-state index contributed by atoms with van der Waals surface area (Å²) >= 11 is 0. The van der Waals surface area contributed by atoms with Crippen LogP contribution < -0.4 is 48.3 Å². The third-order valence-corrected chi connectivity index (χ3v) is 16.0. The van der Waals surface area contributed by atoms with E-state index in [2.05, 4.69) is 31.9 Å². The Hall–Kier alpha value is -7.77. The van der Waals surface area contributed by atoms with Crippen LogP contribution in [0.15, 0.2) is 114 Å². The standard InChI is InChI=1S/C66H89N11O8/c1-41(2)35-51-47-30-31-48-56(39-47)77(66(85)53(37-44-21-10-7-11-22-44)70-59(48)46-25-14-9-15-26-46)40-57(78)69-49(27-16-18-32-67)60(79)73-52(36-42(3)4)62(81)74-54(38-45-23-12-8-13-24-45)65(84)76-34-20-29-55(76)63(82)75-58(43(5)6)64(83)71-50(61(80)72-51)28-17-19-33-68/h7-15,21-26,30-31,39,41-43,49-55,58H,16-20,27-29,32-38,40,67-68H2,1-6H3,(H,69,78)(H,71,83)(H,72,80)(H,73,79)(H,74,81)(H,75,82)/t49-,50-,51-,52-,53-,54+,55-,58-/m0/s1. The van der Waals surface area contributed by atoms with E-state index in [-0.39, 0.29) is 50.5 Å². The molecule has 2 bridgehead atoms. The molecule has 10 N–H and O–H groups in total. The number of amides is 8. The van der Waals surface area contributed by atoms with Gasteiger partial charge in [-0.2, -0.15) is 0 Å². The molecule has 8 atom stereocenters. The first-order chi connectivity index (χ1) is 40.8. The Kier molecular flexibility index (Phi) is 23.9. The van der Waals surface area contributed by atoms with Gasteiger partial charge in [-0.25, -0.2) is 0 Å². The van der Waals surface area contributed by atoms with Crippen LogP contribution in [0.3, 0.4) is 0 Å². The number of aliphatic imine (C=N–C) groups is 1. The Bertz CT molecular complexity index is 2960. The predicted molar refractivity (Wildman–Crippen MR) is 330 cm³/mol. The number of carbonyl (C=O) groups is 8. The Labute approximate surface area is 501 Å². The summed E-state index contributed by atoms with van der Waals surface area (Å²) < 4.78 is 0. The van der Waals surface area contributed by atoms with Crippen molar-refractivity contribution in [3.05, 3.63) is 137 Å². The molecule has 3 aliphatic rings. The van der Waals surface area contributed by atoms with Crippen molar-refractivity contribution in [1.29, 1.82) is 0 Å². The van der Waals surface area contributed by atoms with Crippen LogP contribution in [0.2, 0.25) is 0 Å². The van der Waals surface area contributed by atoms with E-state index in [1.807, 2.05) is 137 Å². The molecule has 3 aliphatic heterocycles. The summed E-state index contributed by atoms with van der Waals surface area (Å²) in [7, 11) is 0. The highest BCUT2D eigenvalue weighted by Gasteiger charge is 2.42. The Morgan fingerprint density at radius 2 is 1.07 bits per heavy atom. The molecule has 3 heterocycles. The second kappa shape index (κ2) is 31.4. The van der Waals surface area contributed by atoms with Crippen LogP contribution in [-0.2, 0) is 51.2 Å². The number of hydrogen-bond acceptors (Lipinski definition) is 11. The molecule has 0 unspecified atom stereocenters. The van der Waals surface area contributed by atoms with Crippen molar-refractivity contribution in [3.8, 4) is 0 Å². The summed E-state index contributed by atoms with van der Waals surface area (Å²) in [4.78, 5) is 127. The number of hydrogen-bond donors (Lipinski definition) is 8. The smallest absolute Gasteiger partial charge is 0.252 e. The molecule has 456 valence electrons. The van der Waals surface area contributed by atoms with Crippen molar-refractivity contribution in [2.75, 3.05) is 31.1 Å². The van der Waals surface area contributed by atoms with E-state index in [9.17, 15) is 33.6 Å². The molecule has 0 aromatic heterocycles. The number of benzene rings is 4. The monoisotopic (exact) mass is 1160 g/mol. The lowest BCUT2D eigenvalue weighted by Gasteiger charge is -2.32. The summed E-state index contributed by atoms with van der Waals surface area (Å²) in [6.07, 6.45) is 4.04. The van der Waals surface area contributed by atoms with Crippen molar-refractivity contribution in [2.24, 2.45) is 34.2 Å². The van der Waals surface area contributed by atoms with Gasteiger partial charge >= 0.3 is 0 Å². The number of unbranched alkanes of at least 4 members (excludes halogenated alkanes) is 2. The average Bonchev–Trinajstić information content (AvgIpc) is 2.24. The zero-order valence-electron chi connectivity index (χ0n) is 50.3. The van der Waals surface area contributed by atoms with Crippen molar-refractivity contribution >= 4 is 58.7 Å². The van der Waals surface area contributed by atoms with E-state index in [1.54, 1.807) is 13.8 Å². The quantitative estimate of drug-likeness (QED) is 0.0594. The minimum absolute atomic E-state index is 0.0275. The third kappa shape index (κ3) is 17.9. The lowest BCUT2D eigenvalue weighted by molar-refractivity contribution is -0.143. The van der Waals surface area contributed by atoms with Crippen LogP contribution in [0.4, 0.5) is 5.69 Å². The fourth-order valence-electron chi connectivity index (χ4n) is 11.5. The van der Waals surface area contributed by atoms with Gasteiger partial charge in [-0.05, 0) is 118 Å². The van der Waals surface area contributed by atoms with Crippen molar-refractivity contribution in [1.82, 2.24) is 36.8 Å². The van der Waals surface area contributed by atoms with Crippen LogP contribution in [0, 0.1) is 17.8 Å². The van der Waals surface area contributed by atoms with Crippen LogP contribution in [0.1, 0.15) is 140 Å². The topological polar surface area (TPSA) is 280 Å². The normalized spacial score (nSPS) is 23.4. The van der Waals surface area contributed by atoms with E-state index < -0.39 is 108 Å². The fourth-order valence-corrected chi connectivity index (χ4v) is 11.5. The minimum atomic E-state index is -1.19. The highest BCUT2D eigenvalue weighted by Crippen LogP contribution is 2.34. The summed E-state index contributed by atoms with van der Waals surface area (Å²) in [6, 6.07) is 25.3. The van der Waals surface area contributed by atoms with Crippen molar-refractivity contribution in [3.63, 3.8) is 0 Å². The van der Waals surface area contributed by atoms with Gasteiger partial charge in [-0.3, -0.25) is 43.3 Å². The van der Waals surface area contributed by atoms with Gasteiger partial charge in [0.05, 0.1) is 17.4 Å². The largest absolute Gasteiger partial charge is 0.348 e. The molecule has 7 rings (SSSR count). The number of carbonyl (C=O) groups excluding carboxylic acids is 8. The first-order valence-electron chi connectivity index (χ1n) is 30.5. The lowest BCUT2D eigenvalue weighted by Crippen LogP contribution is -2.60. The van der Waals surface area contributed by atoms with E-state index in [0.717, 1.165) is 16.7 Å². The molecular weight excluding hydrogens is 1070 g/mol. The zero-order chi connectivity index (χ0) is 61.2. The summed E-state index contributed by atoms with van der Waals surface area (Å²) in [6.45, 7) is 11.8. The molecule has 4 aromatic carbocycles. The molecule has 1 fully saturated rings. The maximum Gasteiger partial charge on any atom is 0.252 e. The highest BCUT2D eigenvalue weighted by atomic mass is 16.2. The predicted octanol–water partition coefficient (Wildman–Crippen LogP) is 5.32. The number of nitrogens with zero attached hydrogens (tertiary/aromatic N) is 3. The van der Waals surface area contributed by atoms with Gasteiger partial charge in [0.1, 0.15) is 48.8 Å². The third-order valence-electron chi connectivity index (χ3n) is 16.0. The summed E-state index contributed by atoms with van der Waals surface area (Å²) in [5, 5.41) is 18.0. The van der Waals surface area contributed by atoms with Crippen molar-refractivity contribution in [2.45, 2.75) is 167 Å². The highest BCUT2D eigenvalue weighted by molar-refractivity contribution is 6.21. The number of fused-ring (bicyclic) bond motifs is 2. The molecule has 85 heavy (non-hydrogen) atoms. The first kappa shape index (κ1) is 64.8. The summed E-state index contributed by atoms with van der Waals surface area (Å²) in [5.74, 6) is -5.10. The number of nitrogens with two attached hydrogens (primary N) is 2. The van der Waals surface area contributed by atoms with Gasteiger partial charge in [-0.15, -0.1) is 0 Å². The van der Waals surface area contributed by atoms with E-state index in [1.165, 1.54) is 9.80 Å². The molecule has 0 radical (unpaired) electrons. The SMILES string of the molecule is CC(C)C[C@@H]1NC(=O)[C@H](CCCCN)NC(=O)CN2C(=O)[C@H](Cc3ccccc3)N=C(c3ccccc3)c3ccc(cc32)[C@H](CC(C)C)NC(=O)[C@H](CCCCN)NC(=O)[C@H](C(C)C)NC(=O)[C@@H]2CCCN2C(=O)[C@@H](Cc2ccccc2)NC1=O. The van der Waals surface area contributed by atoms with E-state index >= 15 is 4.79 Å². The van der Waals surface area contributed by atoms with E-state index in [4.69, 9.17) is 16.5 Å². The molecule has 8 amide bonds. The molecule has 0 saturated carbocycles. The van der Waals surface area contributed by atoms with Gasteiger partial charge < -0.3 is 53.2 Å². The molecule has 0 aliphatic carbocycles. The lowest BCUT2D eigenvalue weighted by atomic mass is 9.92.